The van der Waals surface area contributed by atoms with Crippen LogP contribution in [-0.4, -0.2) is 15.7 Å². The lowest BCUT2D eigenvalue weighted by Crippen LogP contribution is -2.10. The molecule has 5 heteroatoms. The summed E-state index contributed by atoms with van der Waals surface area (Å²) in [4.78, 5) is 11.2. The van der Waals surface area contributed by atoms with Crippen molar-refractivity contribution in [2.75, 3.05) is 5.32 Å². The summed E-state index contributed by atoms with van der Waals surface area (Å²) in [5, 5.41) is 15.2. The summed E-state index contributed by atoms with van der Waals surface area (Å²) in [6, 6.07) is 9.07. The SMILES string of the molecule is Cc1cnn(-c2ccc(NC(=O)CC#N)cc2)c1. The summed E-state index contributed by atoms with van der Waals surface area (Å²) in [5.41, 5.74) is 2.67. The van der Waals surface area contributed by atoms with Crippen molar-refractivity contribution in [1.29, 1.82) is 5.26 Å². The maximum absolute atomic E-state index is 11.2. The van der Waals surface area contributed by atoms with Gasteiger partial charge in [0.05, 0.1) is 18.0 Å². The highest BCUT2D eigenvalue weighted by Crippen LogP contribution is 2.13. The molecule has 2 aromatic rings. The number of rotatable bonds is 3. The molecule has 1 N–H and O–H groups in total. The number of aryl methyl sites for hydroxylation is 1. The number of amides is 1. The molecular formula is C13H12N4O. The summed E-state index contributed by atoms with van der Waals surface area (Å²) in [6.45, 7) is 1.97. The largest absolute Gasteiger partial charge is 0.325 e. The molecule has 1 aromatic carbocycles. The fourth-order valence-electron chi connectivity index (χ4n) is 1.53. The molecule has 1 aromatic heterocycles. The molecule has 0 fully saturated rings. The van der Waals surface area contributed by atoms with E-state index < -0.39 is 0 Å². The van der Waals surface area contributed by atoms with Crippen LogP contribution in [-0.2, 0) is 4.79 Å². The van der Waals surface area contributed by atoms with Gasteiger partial charge in [0, 0.05) is 11.9 Å². The Balaban J connectivity index is 2.11. The molecular weight excluding hydrogens is 228 g/mol. The first-order chi connectivity index (χ1) is 8.69. The minimum absolute atomic E-state index is 0.139. The van der Waals surface area contributed by atoms with E-state index in [-0.39, 0.29) is 12.3 Å². The van der Waals surface area contributed by atoms with Gasteiger partial charge in [-0.25, -0.2) is 4.68 Å². The topological polar surface area (TPSA) is 70.7 Å². The van der Waals surface area contributed by atoms with Crippen molar-refractivity contribution in [3.05, 3.63) is 42.2 Å². The molecule has 0 aliphatic carbocycles. The molecule has 2 rings (SSSR count). The Bertz CT molecular complexity index is 592. The predicted octanol–water partition coefficient (Wildman–Crippen LogP) is 2.03. The van der Waals surface area contributed by atoms with Crippen LogP contribution >= 0.6 is 0 Å². The molecule has 0 unspecified atom stereocenters. The van der Waals surface area contributed by atoms with E-state index in [4.69, 9.17) is 5.26 Å². The van der Waals surface area contributed by atoms with Crippen molar-refractivity contribution < 1.29 is 4.79 Å². The fourth-order valence-corrected chi connectivity index (χ4v) is 1.53. The molecule has 90 valence electrons. The van der Waals surface area contributed by atoms with E-state index in [0.29, 0.717) is 5.69 Å². The molecule has 5 nitrogen and oxygen atoms in total. The van der Waals surface area contributed by atoms with Crippen LogP contribution in [0.3, 0.4) is 0 Å². The second-order valence-electron chi connectivity index (χ2n) is 3.89. The van der Waals surface area contributed by atoms with E-state index >= 15 is 0 Å². The summed E-state index contributed by atoms with van der Waals surface area (Å²) < 4.78 is 1.76. The molecule has 0 bridgehead atoms. The van der Waals surface area contributed by atoms with Crippen LogP contribution in [0.15, 0.2) is 36.7 Å². The summed E-state index contributed by atoms with van der Waals surface area (Å²) in [6.07, 6.45) is 3.56. The van der Waals surface area contributed by atoms with Crippen LogP contribution in [0.5, 0.6) is 0 Å². The van der Waals surface area contributed by atoms with Gasteiger partial charge < -0.3 is 5.32 Å². The first-order valence-electron chi connectivity index (χ1n) is 5.47. The Kier molecular flexibility index (Phi) is 3.39. The van der Waals surface area contributed by atoms with E-state index in [1.165, 1.54) is 0 Å². The number of nitrogens with one attached hydrogen (secondary N) is 1. The number of carbonyl (C=O) groups is 1. The van der Waals surface area contributed by atoms with Crippen molar-refractivity contribution >= 4 is 11.6 Å². The van der Waals surface area contributed by atoms with Gasteiger partial charge in [-0.3, -0.25) is 4.79 Å². The zero-order valence-corrected chi connectivity index (χ0v) is 9.92. The number of carbonyl (C=O) groups excluding carboxylic acids is 1. The van der Waals surface area contributed by atoms with E-state index in [9.17, 15) is 4.79 Å². The minimum Gasteiger partial charge on any atom is -0.325 e. The minimum atomic E-state index is -0.305. The van der Waals surface area contributed by atoms with E-state index in [1.807, 2.05) is 25.3 Å². The van der Waals surface area contributed by atoms with Crippen molar-refractivity contribution in [3.8, 4) is 11.8 Å². The average Bonchev–Trinajstić information content (AvgIpc) is 2.77. The van der Waals surface area contributed by atoms with Gasteiger partial charge in [0.1, 0.15) is 6.42 Å². The van der Waals surface area contributed by atoms with Crippen LogP contribution in [0, 0.1) is 18.3 Å². The molecule has 0 saturated heterocycles. The zero-order valence-electron chi connectivity index (χ0n) is 9.92. The van der Waals surface area contributed by atoms with Crippen LogP contribution < -0.4 is 5.32 Å². The second kappa shape index (κ2) is 5.15. The van der Waals surface area contributed by atoms with E-state index in [1.54, 1.807) is 29.1 Å². The average molecular weight is 240 g/mol. The smallest absolute Gasteiger partial charge is 0.238 e. The number of hydrogen-bond acceptors (Lipinski definition) is 3. The number of nitriles is 1. The Hall–Kier alpha value is -2.61. The normalized spacial score (nSPS) is 9.78. The second-order valence-corrected chi connectivity index (χ2v) is 3.89. The molecule has 0 radical (unpaired) electrons. The molecule has 0 atom stereocenters. The van der Waals surface area contributed by atoms with Crippen molar-refractivity contribution in [2.24, 2.45) is 0 Å². The Morgan fingerprint density at radius 3 is 2.72 bits per heavy atom. The quantitative estimate of drug-likeness (QED) is 0.892. The van der Waals surface area contributed by atoms with E-state index in [0.717, 1.165) is 11.3 Å². The fraction of sp³-hybridized carbons (Fsp3) is 0.154. The zero-order chi connectivity index (χ0) is 13.0. The Labute approximate surface area is 105 Å². The lowest BCUT2D eigenvalue weighted by molar-refractivity contribution is -0.115. The molecule has 18 heavy (non-hydrogen) atoms. The molecule has 1 heterocycles. The van der Waals surface area contributed by atoms with Crippen LogP contribution in [0.4, 0.5) is 5.69 Å². The van der Waals surface area contributed by atoms with Crippen molar-refractivity contribution in [1.82, 2.24) is 9.78 Å². The molecule has 0 saturated carbocycles. The number of nitrogens with zero attached hydrogens (tertiary/aromatic N) is 3. The summed E-state index contributed by atoms with van der Waals surface area (Å²) >= 11 is 0. The van der Waals surface area contributed by atoms with Gasteiger partial charge in [-0.15, -0.1) is 0 Å². The van der Waals surface area contributed by atoms with Crippen molar-refractivity contribution in [2.45, 2.75) is 13.3 Å². The van der Waals surface area contributed by atoms with Gasteiger partial charge in [0.2, 0.25) is 5.91 Å². The highest BCUT2D eigenvalue weighted by Gasteiger charge is 2.02. The lowest BCUT2D eigenvalue weighted by Gasteiger charge is -2.05. The van der Waals surface area contributed by atoms with Gasteiger partial charge >= 0.3 is 0 Å². The molecule has 1 amide bonds. The monoisotopic (exact) mass is 240 g/mol. The first-order valence-corrected chi connectivity index (χ1v) is 5.47. The third-order valence-corrected chi connectivity index (χ3v) is 2.37. The van der Waals surface area contributed by atoms with Gasteiger partial charge in [-0.2, -0.15) is 10.4 Å². The molecule has 0 spiro atoms. The van der Waals surface area contributed by atoms with Gasteiger partial charge in [-0.1, -0.05) is 0 Å². The maximum Gasteiger partial charge on any atom is 0.238 e. The predicted molar refractivity (Wildman–Crippen MR) is 67.2 cm³/mol. The van der Waals surface area contributed by atoms with Gasteiger partial charge in [0.15, 0.2) is 0 Å². The number of benzene rings is 1. The third-order valence-electron chi connectivity index (χ3n) is 2.37. The van der Waals surface area contributed by atoms with Crippen molar-refractivity contribution in [3.63, 3.8) is 0 Å². The van der Waals surface area contributed by atoms with Crippen LogP contribution in [0.25, 0.3) is 5.69 Å². The number of aromatic nitrogens is 2. The Morgan fingerprint density at radius 2 is 2.17 bits per heavy atom. The van der Waals surface area contributed by atoms with Crippen LogP contribution in [0.2, 0.25) is 0 Å². The molecule has 0 aliphatic rings. The van der Waals surface area contributed by atoms with Gasteiger partial charge in [-0.05, 0) is 36.8 Å². The van der Waals surface area contributed by atoms with Gasteiger partial charge in [0.25, 0.3) is 0 Å². The standard InChI is InChI=1S/C13H12N4O/c1-10-8-15-17(9-10)12-4-2-11(3-5-12)16-13(18)6-7-14/h2-5,8-9H,6H2,1H3,(H,16,18). The Morgan fingerprint density at radius 1 is 1.44 bits per heavy atom. The van der Waals surface area contributed by atoms with Crippen LogP contribution in [0.1, 0.15) is 12.0 Å². The highest BCUT2D eigenvalue weighted by atomic mass is 16.1. The number of anilines is 1. The lowest BCUT2D eigenvalue weighted by atomic mass is 10.2. The summed E-state index contributed by atoms with van der Waals surface area (Å²) in [5.74, 6) is -0.305. The summed E-state index contributed by atoms with van der Waals surface area (Å²) in [7, 11) is 0. The first kappa shape index (κ1) is 11.9. The number of hydrogen-bond donors (Lipinski definition) is 1. The highest BCUT2D eigenvalue weighted by molar-refractivity contribution is 5.92. The third kappa shape index (κ3) is 2.74. The maximum atomic E-state index is 11.2. The van der Waals surface area contributed by atoms with E-state index in [2.05, 4.69) is 10.4 Å². The molecule has 0 aliphatic heterocycles.